The number of halogens is 1. The third kappa shape index (κ3) is 2.78. The van der Waals surface area contributed by atoms with E-state index in [9.17, 15) is 9.18 Å². The maximum Gasteiger partial charge on any atom is 0.314 e. The number of ether oxygens (including phenoxy) is 1. The van der Waals surface area contributed by atoms with Crippen LogP contribution in [0.1, 0.15) is 17.9 Å². The van der Waals surface area contributed by atoms with Crippen LogP contribution in [0, 0.1) is 17.1 Å². The first-order valence-corrected chi connectivity index (χ1v) is 4.39. The quantitative estimate of drug-likeness (QED) is 0.712. The van der Waals surface area contributed by atoms with E-state index in [0.29, 0.717) is 5.56 Å². The number of rotatable bonds is 3. The molecule has 15 heavy (non-hydrogen) atoms. The van der Waals surface area contributed by atoms with Gasteiger partial charge >= 0.3 is 5.97 Å². The minimum Gasteiger partial charge on any atom is -0.469 e. The van der Waals surface area contributed by atoms with Crippen LogP contribution >= 0.6 is 0 Å². The minimum absolute atomic E-state index is 0.0261. The molecule has 0 fully saturated rings. The molecule has 78 valence electrons. The van der Waals surface area contributed by atoms with Gasteiger partial charge in [0.2, 0.25) is 0 Å². The highest BCUT2D eigenvalue weighted by Gasteiger charge is 2.20. The second-order valence-corrected chi connectivity index (χ2v) is 2.99. The van der Waals surface area contributed by atoms with Gasteiger partial charge in [-0.1, -0.05) is 12.1 Å². The number of hydrogen-bond donors (Lipinski definition) is 0. The van der Waals surface area contributed by atoms with Crippen molar-refractivity contribution in [3.05, 3.63) is 35.6 Å². The maximum atomic E-state index is 12.6. The monoisotopic (exact) mass is 207 g/mol. The maximum absolute atomic E-state index is 12.6. The summed E-state index contributed by atoms with van der Waals surface area (Å²) in [7, 11) is 1.26. The molecule has 1 aromatic carbocycles. The molecule has 0 aromatic heterocycles. The van der Waals surface area contributed by atoms with Crippen molar-refractivity contribution in [2.24, 2.45) is 0 Å². The Bertz CT molecular complexity index is 381. The highest BCUT2D eigenvalue weighted by atomic mass is 19.1. The molecule has 0 N–H and O–H groups in total. The second-order valence-electron chi connectivity index (χ2n) is 2.99. The number of benzene rings is 1. The Morgan fingerprint density at radius 1 is 1.53 bits per heavy atom. The second kappa shape index (κ2) is 5.11. The summed E-state index contributed by atoms with van der Waals surface area (Å²) < 4.78 is 17.2. The predicted octanol–water partition coefficient (Wildman–Crippen LogP) is 2.00. The third-order valence-electron chi connectivity index (χ3n) is 2.05. The van der Waals surface area contributed by atoms with Crippen molar-refractivity contribution in [3.8, 4) is 6.07 Å². The molecule has 0 saturated heterocycles. The first-order chi connectivity index (χ1) is 7.19. The molecular weight excluding hydrogens is 197 g/mol. The number of hydrogen-bond acceptors (Lipinski definition) is 3. The zero-order chi connectivity index (χ0) is 11.3. The van der Waals surface area contributed by atoms with Crippen LogP contribution in [-0.2, 0) is 9.53 Å². The van der Waals surface area contributed by atoms with Crippen LogP contribution in [0.4, 0.5) is 4.39 Å². The van der Waals surface area contributed by atoms with Gasteiger partial charge < -0.3 is 4.74 Å². The highest BCUT2D eigenvalue weighted by molar-refractivity contribution is 5.78. The summed E-state index contributed by atoms with van der Waals surface area (Å²) >= 11 is 0. The summed E-state index contributed by atoms with van der Waals surface area (Å²) in [6.07, 6.45) is 0.0261. The topological polar surface area (TPSA) is 50.1 Å². The molecule has 1 rings (SSSR count). The Labute approximate surface area is 87.1 Å². The first-order valence-electron chi connectivity index (χ1n) is 4.39. The lowest BCUT2D eigenvalue weighted by Gasteiger charge is -2.10. The fourth-order valence-electron chi connectivity index (χ4n) is 1.27. The van der Waals surface area contributed by atoms with Gasteiger partial charge in [0, 0.05) is 0 Å². The van der Waals surface area contributed by atoms with E-state index in [1.807, 2.05) is 6.07 Å². The molecule has 0 spiro atoms. The van der Waals surface area contributed by atoms with Crippen LogP contribution in [0.25, 0.3) is 0 Å². The van der Waals surface area contributed by atoms with E-state index >= 15 is 0 Å². The Balaban J connectivity index is 2.94. The van der Waals surface area contributed by atoms with Gasteiger partial charge in [-0.15, -0.1) is 0 Å². The number of carbonyl (C=O) groups excluding carboxylic acids is 1. The standard InChI is InChI=1S/C11H10FNO2/c1-15-11(14)10(6-7-13)8-2-4-9(12)5-3-8/h2-5,10H,6H2,1H3. The van der Waals surface area contributed by atoms with E-state index in [0.717, 1.165) is 0 Å². The summed E-state index contributed by atoms with van der Waals surface area (Å²) in [6, 6.07) is 7.37. The molecule has 3 nitrogen and oxygen atoms in total. The molecular formula is C11H10FNO2. The summed E-state index contributed by atoms with van der Waals surface area (Å²) in [6.45, 7) is 0. The lowest BCUT2D eigenvalue weighted by Crippen LogP contribution is -2.13. The van der Waals surface area contributed by atoms with Crippen LogP contribution < -0.4 is 0 Å². The number of nitriles is 1. The molecule has 0 aliphatic heterocycles. The number of esters is 1. The Hall–Kier alpha value is -1.89. The van der Waals surface area contributed by atoms with Crippen molar-refractivity contribution in [2.45, 2.75) is 12.3 Å². The van der Waals surface area contributed by atoms with Crippen molar-refractivity contribution >= 4 is 5.97 Å². The van der Waals surface area contributed by atoms with Crippen LogP contribution in [0.15, 0.2) is 24.3 Å². The number of nitrogens with zero attached hydrogens (tertiary/aromatic N) is 1. The number of carbonyl (C=O) groups is 1. The van der Waals surface area contributed by atoms with Gasteiger partial charge in [0.25, 0.3) is 0 Å². The molecule has 0 saturated carbocycles. The van der Waals surface area contributed by atoms with Crippen molar-refractivity contribution in [1.82, 2.24) is 0 Å². The van der Waals surface area contributed by atoms with Gasteiger partial charge in [0.15, 0.2) is 0 Å². The largest absolute Gasteiger partial charge is 0.469 e. The summed E-state index contributed by atoms with van der Waals surface area (Å²) in [5.74, 6) is -1.50. The van der Waals surface area contributed by atoms with E-state index in [4.69, 9.17) is 5.26 Å². The SMILES string of the molecule is COC(=O)C(CC#N)c1ccc(F)cc1. The van der Waals surface area contributed by atoms with Gasteiger partial charge in [-0.3, -0.25) is 4.79 Å². The average molecular weight is 207 g/mol. The Kier molecular flexibility index (Phi) is 3.81. The molecule has 0 amide bonds. The van der Waals surface area contributed by atoms with E-state index in [1.54, 1.807) is 0 Å². The molecule has 1 aromatic rings. The van der Waals surface area contributed by atoms with E-state index < -0.39 is 11.9 Å². The third-order valence-corrected chi connectivity index (χ3v) is 2.05. The van der Waals surface area contributed by atoms with Crippen molar-refractivity contribution in [3.63, 3.8) is 0 Å². The van der Waals surface area contributed by atoms with Gasteiger partial charge in [-0.2, -0.15) is 5.26 Å². The van der Waals surface area contributed by atoms with Crippen LogP contribution in [0.5, 0.6) is 0 Å². The summed E-state index contributed by atoms with van der Waals surface area (Å²) in [4.78, 5) is 11.3. The van der Waals surface area contributed by atoms with Crippen LogP contribution in [0.3, 0.4) is 0 Å². The zero-order valence-electron chi connectivity index (χ0n) is 8.24. The normalized spacial score (nSPS) is 11.5. The molecule has 0 bridgehead atoms. The lowest BCUT2D eigenvalue weighted by molar-refractivity contribution is -0.142. The molecule has 1 unspecified atom stereocenters. The average Bonchev–Trinajstić information content (AvgIpc) is 2.26. The van der Waals surface area contributed by atoms with Gasteiger partial charge in [-0.25, -0.2) is 4.39 Å². The van der Waals surface area contributed by atoms with Crippen LogP contribution in [0.2, 0.25) is 0 Å². The summed E-state index contributed by atoms with van der Waals surface area (Å²) in [5, 5.41) is 8.57. The smallest absolute Gasteiger partial charge is 0.314 e. The Morgan fingerprint density at radius 2 is 2.13 bits per heavy atom. The van der Waals surface area contributed by atoms with Gasteiger partial charge in [0.1, 0.15) is 5.82 Å². The van der Waals surface area contributed by atoms with Crippen LogP contribution in [-0.4, -0.2) is 13.1 Å². The molecule has 0 heterocycles. The lowest BCUT2D eigenvalue weighted by atomic mass is 9.96. The minimum atomic E-state index is -0.638. The predicted molar refractivity (Wildman–Crippen MR) is 51.4 cm³/mol. The first kappa shape index (κ1) is 11.2. The van der Waals surface area contributed by atoms with Gasteiger partial charge in [0.05, 0.1) is 25.5 Å². The zero-order valence-corrected chi connectivity index (χ0v) is 8.24. The molecule has 4 heteroatoms. The molecule has 0 radical (unpaired) electrons. The van der Waals surface area contributed by atoms with Crippen molar-refractivity contribution in [2.75, 3.05) is 7.11 Å². The van der Waals surface area contributed by atoms with Gasteiger partial charge in [-0.05, 0) is 17.7 Å². The Morgan fingerprint density at radius 3 is 2.60 bits per heavy atom. The highest BCUT2D eigenvalue weighted by Crippen LogP contribution is 2.20. The van der Waals surface area contributed by atoms with Crippen molar-refractivity contribution in [1.29, 1.82) is 5.26 Å². The number of methoxy groups -OCH3 is 1. The fourth-order valence-corrected chi connectivity index (χ4v) is 1.27. The van der Waals surface area contributed by atoms with E-state index in [1.165, 1.54) is 31.4 Å². The fraction of sp³-hybridized carbons (Fsp3) is 0.273. The molecule has 1 atom stereocenters. The molecule has 0 aliphatic carbocycles. The van der Waals surface area contributed by atoms with E-state index in [-0.39, 0.29) is 12.2 Å². The van der Waals surface area contributed by atoms with Crippen molar-refractivity contribution < 1.29 is 13.9 Å². The van der Waals surface area contributed by atoms with E-state index in [2.05, 4.69) is 4.74 Å². The molecule has 0 aliphatic rings. The summed E-state index contributed by atoms with van der Waals surface area (Å²) in [5.41, 5.74) is 0.588.